The molecule has 0 radical (unpaired) electrons. The van der Waals surface area contributed by atoms with Crippen molar-refractivity contribution in [2.75, 3.05) is 13.1 Å². The molecule has 116 valence electrons. The van der Waals surface area contributed by atoms with Gasteiger partial charge in [-0.2, -0.15) is 0 Å². The number of nitrogens with one attached hydrogen (secondary N) is 2. The highest BCUT2D eigenvalue weighted by Gasteiger charge is 2.15. The Morgan fingerprint density at radius 1 is 1.10 bits per heavy atom. The minimum absolute atomic E-state index is 0.00711. The number of carbonyl (C=O) groups excluding carboxylic acids is 1. The maximum atomic E-state index is 13.0. The average molecular weight is 296 g/mol. The molecule has 0 aliphatic heterocycles. The van der Waals surface area contributed by atoms with Gasteiger partial charge in [-0.3, -0.25) is 4.79 Å². The van der Waals surface area contributed by atoms with Crippen molar-refractivity contribution in [3.63, 3.8) is 0 Å². The lowest BCUT2D eigenvalue weighted by Crippen LogP contribution is -2.41. The number of amides is 1. The third kappa shape index (κ3) is 5.79. The Morgan fingerprint density at radius 3 is 2.43 bits per heavy atom. The molecule has 1 aliphatic rings. The Morgan fingerprint density at radius 2 is 1.76 bits per heavy atom. The average Bonchev–Trinajstić information content (AvgIpc) is 2.44. The third-order valence-corrected chi connectivity index (χ3v) is 3.77. The number of rotatable bonds is 6. The van der Waals surface area contributed by atoms with E-state index >= 15 is 0 Å². The van der Waals surface area contributed by atoms with Crippen molar-refractivity contribution in [1.82, 2.24) is 10.6 Å². The summed E-state index contributed by atoms with van der Waals surface area (Å²) < 4.78 is 26.0. The second-order valence-electron chi connectivity index (χ2n) is 5.61. The highest BCUT2D eigenvalue weighted by atomic mass is 19.1. The van der Waals surface area contributed by atoms with Gasteiger partial charge >= 0.3 is 0 Å². The van der Waals surface area contributed by atoms with E-state index in [1.807, 2.05) is 0 Å². The summed E-state index contributed by atoms with van der Waals surface area (Å²) in [5.74, 6) is -1.15. The van der Waals surface area contributed by atoms with Gasteiger partial charge in [-0.25, -0.2) is 8.78 Å². The molecule has 0 spiro atoms. The fourth-order valence-corrected chi connectivity index (χ4v) is 2.72. The van der Waals surface area contributed by atoms with Crippen LogP contribution in [-0.4, -0.2) is 25.0 Å². The maximum absolute atomic E-state index is 13.0. The molecule has 1 aliphatic carbocycles. The predicted molar refractivity (Wildman–Crippen MR) is 77.9 cm³/mol. The molecule has 3 nitrogen and oxygen atoms in total. The van der Waals surface area contributed by atoms with Gasteiger partial charge in [0.05, 0.1) is 6.54 Å². The van der Waals surface area contributed by atoms with Gasteiger partial charge in [-0.1, -0.05) is 19.3 Å². The summed E-state index contributed by atoms with van der Waals surface area (Å²) in [6.45, 7) is 0.759. The summed E-state index contributed by atoms with van der Waals surface area (Å²) in [6.07, 6.45) is 6.25. The van der Waals surface area contributed by atoms with Gasteiger partial charge in [0.2, 0.25) is 5.91 Å². The van der Waals surface area contributed by atoms with Crippen LogP contribution in [0.15, 0.2) is 18.2 Å². The van der Waals surface area contributed by atoms with Crippen molar-refractivity contribution in [2.24, 2.45) is 0 Å². The summed E-state index contributed by atoms with van der Waals surface area (Å²) in [5.41, 5.74) is 0.590. The second-order valence-corrected chi connectivity index (χ2v) is 5.61. The van der Waals surface area contributed by atoms with Gasteiger partial charge in [0.15, 0.2) is 0 Å². The zero-order valence-corrected chi connectivity index (χ0v) is 12.1. The monoisotopic (exact) mass is 296 g/mol. The normalized spacial score (nSPS) is 15.9. The van der Waals surface area contributed by atoms with Crippen LogP contribution in [0.1, 0.15) is 37.7 Å². The largest absolute Gasteiger partial charge is 0.352 e. The molecule has 1 saturated carbocycles. The molecule has 0 atom stereocenters. The fraction of sp³-hybridized carbons (Fsp3) is 0.562. The van der Waals surface area contributed by atoms with Gasteiger partial charge in [0.1, 0.15) is 11.6 Å². The van der Waals surface area contributed by atoms with Crippen LogP contribution in [0.25, 0.3) is 0 Å². The van der Waals surface area contributed by atoms with Crippen LogP contribution in [-0.2, 0) is 11.2 Å². The Balaban J connectivity index is 1.63. The van der Waals surface area contributed by atoms with Gasteiger partial charge in [0, 0.05) is 12.1 Å². The van der Waals surface area contributed by atoms with Gasteiger partial charge in [-0.15, -0.1) is 0 Å². The lowest BCUT2D eigenvalue weighted by molar-refractivity contribution is -0.121. The van der Waals surface area contributed by atoms with Crippen LogP contribution in [0.5, 0.6) is 0 Å². The van der Waals surface area contributed by atoms with E-state index in [0.29, 0.717) is 24.6 Å². The van der Waals surface area contributed by atoms with Crippen molar-refractivity contribution in [3.8, 4) is 0 Å². The molecular formula is C16H22F2N2O. The second kappa shape index (κ2) is 8.08. The number of hydrogen-bond donors (Lipinski definition) is 2. The Hall–Kier alpha value is -1.49. The maximum Gasteiger partial charge on any atom is 0.234 e. The van der Waals surface area contributed by atoms with Crippen LogP contribution in [0.4, 0.5) is 8.78 Å². The van der Waals surface area contributed by atoms with E-state index < -0.39 is 11.6 Å². The molecule has 0 aromatic heterocycles. The molecule has 1 aromatic carbocycles. The van der Waals surface area contributed by atoms with Gasteiger partial charge in [0.25, 0.3) is 0 Å². The van der Waals surface area contributed by atoms with E-state index in [9.17, 15) is 13.6 Å². The standard InChI is InChI=1S/C16H22F2N2O/c17-13-8-12(9-14(18)10-13)6-7-19-11-16(21)20-15-4-2-1-3-5-15/h8-10,15,19H,1-7,11H2,(H,20,21). The van der Waals surface area contributed by atoms with Crippen LogP contribution < -0.4 is 10.6 Å². The first-order valence-corrected chi connectivity index (χ1v) is 7.58. The molecule has 0 heterocycles. The topological polar surface area (TPSA) is 41.1 Å². The van der Waals surface area contributed by atoms with Crippen molar-refractivity contribution in [3.05, 3.63) is 35.4 Å². The number of halogens is 2. The van der Waals surface area contributed by atoms with E-state index in [2.05, 4.69) is 10.6 Å². The van der Waals surface area contributed by atoms with Crippen molar-refractivity contribution in [1.29, 1.82) is 0 Å². The summed E-state index contributed by atoms with van der Waals surface area (Å²) in [4.78, 5) is 11.7. The van der Waals surface area contributed by atoms with E-state index in [0.717, 1.165) is 18.9 Å². The zero-order chi connectivity index (χ0) is 15.1. The molecule has 0 bridgehead atoms. The van der Waals surface area contributed by atoms with Crippen molar-refractivity contribution >= 4 is 5.91 Å². The number of carbonyl (C=O) groups is 1. The molecule has 1 amide bonds. The first-order valence-electron chi connectivity index (χ1n) is 7.58. The minimum atomic E-state index is -0.569. The van der Waals surface area contributed by atoms with Crippen LogP contribution in [0.2, 0.25) is 0 Å². The van der Waals surface area contributed by atoms with E-state index in [1.54, 1.807) is 0 Å². The first-order chi connectivity index (χ1) is 10.1. The molecule has 2 N–H and O–H groups in total. The SMILES string of the molecule is O=C(CNCCc1cc(F)cc(F)c1)NC1CCCCC1. The number of hydrogen-bond acceptors (Lipinski definition) is 2. The molecule has 21 heavy (non-hydrogen) atoms. The van der Waals surface area contributed by atoms with E-state index in [-0.39, 0.29) is 12.5 Å². The lowest BCUT2D eigenvalue weighted by atomic mass is 9.95. The molecule has 2 rings (SSSR count). The quantitative estimate of drug-likeness (QED) is 0.792. The summed E-state index contributed by atoms with van der Waals surface area (Å²) >= 11 is 0. The highest BCUT2D eigenvalue weighted by Crippen LogP contribution is 2.17. The summed E-state index contributed by atoms with van der Waals surface area (Å²) in [7, 11) is 0. The molecule has 1 fully saturated rings. The fourth-order valence-electron chi connectivity index (χ4n) is 2.72. The highest BCUT2D eigenvalue weighted by molar-refractivity contribution is 5.78. The lowest BCUT2D eigenvalue weighted by Gasteiger charge is -2.22. The molecular weight excluding hydrogens is 274 g/mol. The van der Waals surface area contributed by atoms with E-state index in [1.165, 1.54) is 31.4 Å². The molecule has 0 saturated heterocycles. The molecule has 5 heteroatoms. The third-order valence-electron chi connectivity index (χ3n) is 3.77. The first kappa shape index (κ1) is 15.9. The Kier molecular flexibility index (Phi) is 6.11. The summed E-state index contributed by atoms with van der Waals surface area (Å²) in [6, 6.07) is 3.79. The van der Waals surface area contributed by atoms with Crippen LogP contribution in [0, 0.1) is 11.6 Å². The Bertz CT molecular complexity index is 453. The van der Waals surface area contributed by atoms with Gasteiger partial charge in [-0.05, 0) is 43.5 Å². The zero-order valence-electron chi connectivity index (χ0n) is 12.1. The number of benzene rings is 1. The molecule has 0 unspecified atom stereocenters. The van der Waals surface area contributed by atoms with Crippen molar-refractivity contribution < 1.29 is 13.6 Å². The summed E-state index contributed by atoms with van der Waals surface area (Å²) in [5, 5.41) is 6.02. The Labute approximate surface area is 124 Å². The minimum Gasteiger partial charge on any atom is -0.352 e. The molecule has 1 aromatic rings. The van der Waals surface area contributed by atoms with E-state index in [4.69, 9.17) is 0 Å². The van der Waals surface area contributed by atoms with Gasteiger partial charge < -0.3 is 10.6 Å². The van der Waals surface area contributed by atoms with Crippen molar-refractivity contribution in [2.45, 2.75) is 44.6 Å². The predicted octanol–water partition coefficient (Wildman–Crippen LogP) is 2.55. The smallest absolute Gasteiger partial charge is 0.234 e. The van der Waals surface area contributed by atoms with Crippen LogP contribution >= 0.6 is 0 Å². The van der Waals surface area contributed by atoms with Crippen LogP contribution in [0.3, 0.4) is 0 Å².